The maximum atomic E-state index is 5.85. The molecular formula is C12H22N4. The molecule has 1 saturated heterocycles. The Morgan fingerprint density at radius 1 is 1.25 bits per heavy atom. The van der Waals surface area contributed by atoms with E-state index >= 15 is 0 Å². The van der Waals surface area contributed by atoms with Crippen molar-refractivity contribution in [3.63, 3.8) is 0 Å². The maximum Gasteiger partial charge on any atom is 0.0536 e. The molecule has 0 amide bonds. The van der Waals surface area contributed by atoms with Gasteiger partial charge in [-0.3, -0.25) is 9.58 Å². The van der Waals surface area contributed by atoms with Gasteiger partial charge in [0.2, 0.25) is 0 Å². The summed E-state index contributed by atoms with van der Waals surface area (Å²) in [5.74, 6) is 0. The molecule has 16 heavy (non-hydrogen) atoms. The third-order valence-corrected chi connectivity index (χ3v) is 3.45. The molecule has 0 saturated carbocycles. The average Bonchev–Trinajstić information content (AvgIpc) is 2.71. The summed E-state index contributed by atoms with van der Waals surface area (Å²) in [5.41, 5.74) is 5.85. The molecule has 0 radical (unpaired) electrons. The predicted molar refractivity (Wildman–Crippen MR) is 65.1 cm³/mol. The highest BCUT2D eigenvalue weighted by atomic mass is 15.3. The summed E-state index contributed by atoms with van der Waals surface area (Å²) < 4.78 is 2.00. The van der Waals surface area contributed by atoms with Crippen molar-refractivity contribution in [2.75, 3.05) is 19.6 Å². The number of hydrogen-bond donors (Lipinski definition) is 1. The zero-order valence-corrected chi connectivity index (χ0v) is 9.89. The Morgan fingerprint density at radius 3 is 2.94 bits per heavy atom. The summed E-state index contributed by atoms with van der Waals surface area (Å²) in [5, 5.41) is 4.23. The topological polar surface area (TPSA) is 47.1 Å². The lowest BCUT2D eigenvalue weighted by Crippen LogP contribution is -2.41. The molecule has 1 aliphatic heterocycles. The van der Waals surface area contributed by atoms with Crippen molar-refractivity contribution in [1.29, 1.82) is 0 Å². The fraction of sp³-hybridized carbons (Fsp3) is 0.750. The lowest BCUT2D eigenvalue weighted by atomic mass is 10.1. The molecule has 1 unspecified atom stereocenters. The second-order valence-electron chi connectivity index (χ2n) is 4.54. The van der Waals surface area contributed by atoms with Crippen LogP contribution in [-0.4, -0.2) is 40.4 Å². The lowest BCUT2D eigenvalue weighted by molar-refractivity contribution is 0.194. The molecule has 0 aromatic carbocycles. The fourth-order valence-corrected chi connectivity index (χ4v) is 2.46. The predicted octanol–water partition coefficient (Wildman–Crippen LogP) is 1.09. The molecule has 1 aromatic rings. The van der Waals surface area contributed by atoms with E-state index in [-0.39, 0.29) is 0 Å². The van der Waals surface area contributed by atoms with E-state index in [9.17, 15) is 0 Å². The highest BCUT2D eigenvalue weighted by Gasteiger charge is 2.18. The Hall–Kier alpha value is -0.870. The van der Waals surface area contributed by atoms with E-state index in [1.165, 1.54) is 32.2 Å². The summed E-state index contributed by atoms with van der Waals surface area (Å²) in [6.45, 7) is 4.04. The van der Waals surface area contributed by atoms with Crippen LogP contribution >= 0.6 is 0 Å². The van der Waals surface area contributed by atoms with Crippen LogP contribution < -0.4 is 5.73 Å². The van der Waals surface area contributed by atoms with Crippen molar-refractivity contribution in [3.05, 3.63) is 18.5 Å². The Bertz CT molecular complexity index is 283. The summed E-state index contributed by atoms with van der Waals surface area (Å²) in [7, 11) is 0. The summed E-state index contributed by atoms with van der Waals surface area (Å²) in [6, 6.07) is 2.56. The third-order valence-electron chi connectivity index (χ3n) is 3.45. The van der Waals surface area contributed by atoms with Gasteiger partial charge < -0.3 is 5.73 Å². The van der Waals surface area contributed by atoms with Crippen molar-refractivity contribution in [2.24, 2.45) is 5.73 Å². The van der Waals surface area contributed by atoms with E-state index in [4.69, 9.17) is 5.73 Å². The zero-order valence-electron chi connectivity index (χ0n) is 9.89. The molecule has 0 bridgehead atoms. The van der Waals surface area contributed by atoms with Gasteiger partial charge in [0.15, 0.2) is 0 Å². The Morgan fingerprint density at radius 2 is 2.19 bits per heavy atom. The highest BCUT2D eigenvalue weighted by molar-refractivity contribution is 4.80. The van der Waals surface area contributed by atoms with Gasteiger partial charge in [0.05, 0.1) is 6.54 Å². The monoisotopic (exact) mass is 222 g/mol. The number of likely N-dealkylation sites (tertiary alicyclic amines) is 1. The van der Waals surface area contributed by atoms with Crippen LogP contribution in [0, 0.1) is 0 Å². The third kappa shape index (κ3) is 3.06. The Balaban J connectivity index is 1.85. The van der Waals surface area contributed by atoms with Crippen LogP contribution in [0.1, 0.15) is 25.7 Å². The zero-order chi connectivity index (χ0) is 11.2. The van der Waals surface area contributed by atoms with Crippen LogP contribution in [0.3, 0.4) is 0 Å². The van der Waals surface area contributed by atoms with E-state index in [1.807, 2.05) is 23.1 Å². The molecule has 0 spiro atoms. The normalized spacial score (nSPS) is 23.2. The van der Waals surface area contributed by atoms with Crippen molar-refractivity contribution < 1.29 is 0 Å². The molecule has 1 fully saturated rings. The highest BCUT2D eigenvalue weighted by Crippen LogP contribution is 2.15. The molecule has 2 heterocycles. The van der Waals surface area contributed by atoms with Gasteiger partial charge in [-0.2, -0.15) is 5.10 Å². The van der Waals surface area contributed by atoms with Gasteiger partial charge in [0, 0.05) is 31.5 Å². The second kappa shape index (κ2) is 6.01. The van der Waals surface area contributed by atoms with Gasteiger partial charge in [-0.25, -0.2) is 0 Å². The molecular weight excluding hydrogens is 200 g/mol. The first-order valence-corrected chi connectivity index (χ1v) is 6.31. The Kier molecular flexibility index (Phi) is 4.36. The summed E-state index contributed by atoms with van der Waals surface area (Å²) in [6.07, 6.45) is 9.12. The van der Waals surface area contributed by atoms with Crippen LogP contribution in [-0.2, 0) is 6.54 Å². The molecule has 90 valence electrons. The first kappa shape index (κ1) is 11.6. The first-order chi connectivity index (χ1) is 7.90. The van der Waals surface area contributed by atoms with E-state index in [1.54, 1.807) is 0 Å². The largest absolute Gasteiger partial charge is 0.329 e. The quantitative estimate of drug-likeness (QED) is 0.829. The van der Waals surface area contributed by atoms with Crippen LogP contribution in [0.15, 0.2) is 18.5 Å². The Labute approximate surface area is 97.4 Å². The molecule has 4 nitrogen and oxygen atoms in total. The van der Waals surface area contributed by atoms with E-state index in [0.717, 1.165) is 19.6 Å². The maximum absolute atomic E-state index is 5.85. The van der Waals surface area contributed by atoms with Crippen LogP contribution in [0.5, 0.6) is 0 Å². The number of nitrogens with two attached hydrogens (primary N) is 1. The molecule has 1 aliphatic rings. The smallest absolute Gasteiger partial charge is 0.0536 e. The summed E-state index contributed by atoms with van der Waals surface area (Å²) >= 11 is 0. The molecule has 2 rings (SSSR count). The van der Waals surface area contributed by atoms with Crippen molar-refractivity contribution in [2.45, 2.75) is 38.3 Å². The minimum Gasteiger partial charge on any atom is -0.329 e. The number of rotatable bonds is 4. The second-order valence-corrected chi connectivity index (χ2v) is 4.54. The van der Waals surface area contributed by atoms with Gasteiger partial charge in [-0.15, -0.1) is 0 Å². The van der Waals surface area contributed by atoms with Gasteiger partial charge in [0.25, 0.3) is 0 Å². The van der Waals surface area contributed by atoms with Crippen LogP contribution in [0.25, 0.3) is 0 Å². The van der Waals surface area contributed by atoms with Crippen molar-refractivity contribution >= 4 is 0 Å². The van der Waals surface area contributed by atoms with Crippen molar-refractivity contribution in [1.82, 2.24) is 14.7 Å². The summed E-state index contributed by atoms with van der Waals surface area (Å²) in [4.78, 5) is 2.54. The van der Waals surface area contributed by atoms with E-state index in [0.29, 0.717) is 6.04 Å². The van der Waals surface area contributed by atoms with E-state index < -0.39 is 0 Å². The lowest BCUT2D eigenvalue weighted by Gasteiger charge is -2.28. The molecule has 0 aliphatic carbocycles. The standard InChI is InChI=1S/C12H22N4/c13-11-12-5-2-1-3-7-15(12)9-10-16-8-4-6-14-16/h4,6,8,12H,1-3,5,7,9-11,13H2. The van der Waals surface area contributed by atoms with Crippen LogP contribution in [0.2, 0.25) is 0 Å². The van der Waals surface area contributed by atoms with E-state index in [2.05, 4.69) is 10.00 Å². The molecule has 1 atom stereocenters. The van der Waals surface area contributed by atoms with Gasteiger partial charge in [-0.1, -0.05) is 12.8 Å². The molecule has 4 heteroatoms. The van der Waals surface area contributed by atoms with Gasteiger partial charge >= 0.3 is 0 Å². The average molecular weight is 222 g/mol. The molecule has 1 aromatic heterocycles. The SMILES string of the molecule is NCC1CCCCCN1CCn1cccn1. The van der Waals surface area contributed by atoms with Crippen molar-refractivity contribution in [3.8, 4) is 0 Å². The van der Waals surface area contributed by atoms with Gasteiger partial charge in [-0.05, 0) is 25.5 Å². The minimum absolute atomic E-state index is 0.582. The van der Waals surface area contributed by atoms with Crippen LogP contribution in [0.4, 0.5) is 0 Å². The number of hydrogen-bond acceptors (Lipinski definition) is 3. The number of nitrogens with zero attached hydrogens (tertiary/aromatic N) is 3. The minimum atomic E-state index is 0.582. The first-order valence-electron chi connectivity index (χ1n) is 6.31. The molecule has 2 N–H and O–H groups in total. The van der Waals surface area contributed by atoms with Gasteiger partial charge in [0.1, 0.15) is 0 Å². The fourth-order valence-electron chi connectivity index (χ4n) is 2.46. The number of aromatic nitrogens is 2.